The van der Waals surface area contributed by atoms with Crippen molar-refractivity contribution in [3.05, 3.63) is 0 Å². The van der Waals surface area contributed by atoms with Crippen LogP contribution in [0.4, 0.5) is 0 Å². The topological polar surface area (TPSA) is 53.3 Å². The Labute approximate surface area is 97.5 Å². The number of nitrogens with zero attached hydrogens (tertiary/aromatic N) is 1. The lowest BCUT2D eigenvalue weighted by molar-refractivity contribution is 0.201. The van der Waals surface area contributed by atoms with Crippen molar-refractivity contribution in [3.8, 4) is 0 Å². The molecule has 1 rings (SSSR count). The Kier molecular flexibility index (Phi) is 5.90. The van der Waals surface area contributed by atoms with Gasteiger partial charge in [-0.15, -0.1) is 0 Å². The molecule has 0 aromatic carbocycles. The van der Waals surface area contributed by atoms with Gasteiger partial charge in [0.05, 0.1) is 0 Å². The van der Waals surface area contributed by atoms with E-state index in [2.05, 4.69) is 22.6 Å². The van der Waals surface area contributed by atoms with E-state index < -0.39 is 0 Å². The SMILES string of the molecule is CC(CNC(=S)NN)CN1CCCCC1. The normalized spacial score (nSPS) is 19.6. The summed E-state index contributed by atoms with van der Waals surface area (Å²) in [4.78, 5) is 2.54. The van der Waals surface area contributed by atoms with Gasteiger partial charge in [0.25, 0.3) is 0 Å². The molecule has 0 aliphatic carbocycles. The van der Waals surface area contributed by atoms with Crippen molar-refractivity contribution < 1.29 is 0 Å². The van der Waals surface area contributed by atoms with Crippen LogP contribution >= 0.6 is 12.2 Å². The van der Waals surface area contributed by atoms with Gasteiger partial charge in [-0.25, -0.2) is 5.84 Å². The van der Waals surface area contributed by atoms with Crippen LogP contribution < -0.4 is 16.6 Å². The first kappa shape index (κ1) is 12.7. The molecule has 0 saturated carbocycles. The maximum Gasteiger partial charge on any atom is 0.180 e. The maximum absolute atomic E-state index is 5.18. The molecule has 15 heavy (non-hydrogen) atoms. The molecule has 1 heterocycles. The highest BCUT2D eigenvalue weighted by Gasteiger charge is 2.13. The van der Waals surface area contributed by atoms with Crippen LogP contribution in [0.15, 0.2) is 0 Å². The van der Waals surface area contributed by atoms with Crippen molar-refractivity contribution in [1.82, 2.24) is 15.6 Å². The highest BCUT2D eigenvalue weighted by atomic mass is 32.1. The van der Waals surface area contributed by atoms with Gasteiger partial charge in [0.2, 0.25) is 0 Å². The quantitative estimate of drug-likeness (QED) is 0.372. The predicted molar refractivity (Wildman–Crippen MR) is 67.4 cm³/mol. The number of nitrogens with one attached hydrogen (secondary N) is 2. The van der Waals surface area contributed by atoms with Crippen LogP contribution in [-0.2, 0) is 0 Å². The highest BCUT2D eigenvalue weighted by Crippen LogP contribution is 2.10. The smallest absolute Gasteiger partial charge is 0.180 e. The second kappa shape index (κ2) is 6.98. The van der Waals surface area contributed by atoms with Gasteiger partial charge < -0.3 is 15.6 Å². The zero-order valence-electron chi connectivity index (χ0n) is 9.46. The molecule has 4 nitrogen and oxygen atoms in total. The Bertz CT molecular complexity index is 192. The minimum Gasteiger partial charge on any atom is -0.361 e. The van der Waals surface area contributed by atoms with Crippen LogP contribution in [0.25, 0.3) is 0 Å². The Morgan fingerprint density at radius 1 is 1.40 bits per heavy atom. The molecule has 88 valence electrons. The third-order valence-electron chi connectivity index (χ3n) is 2.76. The molecule has 1 saturated heterocycles. The van der Waals surface area contributed by atoms with Gasteiger partial charge in [0.1, 0.15) is 0 Å². The second-order valence-corrected chi connectivity index (χ2v) is 4.73. The van der Waals surface area contributed by atoms with E-state index in [9.17, 15) is 0 Å². The molecular weight excluding hydrogens is 208 g/mol. The van der Waals surface area contributed by atoms with Gasteiger partial charge in [0.15, 0.2) is 5.11 Å². The highest BCUT2D eigenvalue weighted by molar-refractivity contribution is 7.80. The second-order valence-electron chi connectivity index (χ2n) is 4.32. The summed E-state index contributed by atoms with van der Waals surface area (Å²) in [5.41, 5.74) is 2.43. The monoisotopic (exact) mass is 230 g/mol. The van der Waals surface area contributed by atoms with Crippen LogP contribution in [0.5, 0.6) is 0 Å². The number of hydrogen-bond donors (Lipinski definition) is 3. The van der Waals surface area contributed by atoms with Gasteiger partial charge in [-0.05, 0) is 44.1 Å². The molecule has 1 aliphatic rings. The molecule has 4 N–H and O–H groups in total. The fraction of sp³-hybridized carbons (Fsp3) is 0.900. The number of likely N-dealkylation sites (tertiary alicyclic amines) is 1. The number of nitrogens with two attached hydrogens (primary N) is 1. The summed E-state index contributed by atoms with van der Waals surface area (Å²) in [6.45, 7) is 6.79. The Morgan fingerprint density at radius 2 is 2.07 bits per heavy atom. The molecule has 5 heteroatoms. The summed E-state index contributed by atoms with van der Waals surface area (Å²) in [6, 6.07) is 0. The summed E-state index contributed by atoms with van der Waals surface area (Å²) >= 11 is 4.92. The molecule has 1 unspecified atom stereocenters. The molecule has 0 bridgehead atoms. The lowest BCUT2D eigenvalue weighted by Crippen LogP contribution is -2.43. The third-order valence-corrected chi connectivity index (χ3v) is 3.02. The average Bonchev–Trinajstić information content (AvgIpc) is 2.27. The van der Waals surface area contributed by atoms with Crippen LogP contribution in [0, 0.1) is 5.92 Å². The third kappa shape index (κ3) is 5.30. The van der Waals surface area contributed by atoms with Crippen molar-refractivity contribution >= 4 is 17.3 Å². The van der Waals surface area contributed by atoms with Crippen molar-refractivity contribution in [2.45, 2.75) is 26.2 Å². The Hall–Kier alpha value is -0.390. The van der Waals surface area contributed by atoms with Crippen LogP contribution in [0.3, 0.4) is 0 Å². The molecule has 0 amide bonds. The zero-order valence-corrected chi connectivity index (χ0v) is 10.3. The van der Waals surface area contributed by atoms with Crippen LogP contribution in [0.1, 0.15) is 26.2 Å². The zero-order chi connectivity index (χ0) is 11.1. The van der Waals surface area contributed by atoms with E-state index in [-0.39, 0.29) is 0 Å². The molecule has 1 aliphatic heterocycles. The number of thiocarbonyl (C=S) groups is 1. The van der Waals surface area contributed by atoms with Crippen molar-refractivity contribution in [3.63, 3.8) is 0 Å². The lowest BCUT2D eigenvalue weighted by atomic mass is 10.1. The van der Waals surface area contributed by atoms with E-state index in [1.54, 1.807) is 0 Å². The molecule has 0 aromatic heterocycles. The summed E-state index contributed by atoms with van der Waals surface area (Å²) in [5.74, 6) is 5.78. The van der Waals surface area contributed by atoms with Gasteiger partial charge in [-0.3, -0.25) is 0 Å². The summed E-state index contributed by atoms with van der Waals surface area (Å²) in [7, 11) is 0. The number of rotatable bonds is 4. The molecule has 0 aromatic rings. The molecule has 0 radical (unpaired) electrons. The Balaban J connectivity index is 2.11. The summed E-state index contributed by atoms with van der Waals surface area (Å²) < 4.78 is 0. The first-order chi connectivity index (χ1) is 7.22. The maximum atomic E-state index is 5.18. The predicted octanol–water partition coefficient (Wildman–Crippen LogP) is 0.446. The average molecular weight is 230 g/mol. The van der Waals surface area contributed by atoms with E-state index in [1.165, 1.54) is 32.4 Å². The standard InChI is InChI=1S/C10H22N4S/c1-9(7-12-10(15)13-11)8-14-5-3-2-4-6-14/h9H,2-8,11H2,1H3,(H2,12,13,15). The fourth-order valence-electron chi connectivity index (χ4n) is 1.97. The largest absolute Gasteiger partial charge is 0.361 e. The van der Waals surface area contributed by atoms with E-state index in [0.29, 0.717) is 11.0 Å². The van der Waals surface area contributed by atoms with Gasteiger partial charge in [0, 0.05) is 13.1 Å². The molecule has 0 spiro atoms. The van der Waals surface area contributed by atoms with Crippen molar-refractivity contribution in [2.24, 2.45) is 11.8 Å². The Morgan fingerprint density at radius 3 is 2.67 bits per heavy atom. The van der Waals surface area contributed by atoms with Crippen molar-refractivity contribution in [2.75, 3.05) is 26.2 Å². The first-order valence-corrected chi connectivity index (χ1v) is 6.10. The van der Waals surface area contributed by atoms with Crippen molar-refractivity contribution in [1.29, 1.82) is 0 Å². The fourth-order valence-corrected chi connectivity index (χ4v) is 2.05. The summed E-state index contributed by atoms with van der Waals surface area (Å²) in [6.07, 6.45) is 4.09. The summed E-state index contributed by atoms with van der Waals surface area (Å²) in [5, 5.41) is 3.62. The number of hydrazine groups is 1. The van der Waals surface area contributed by atoms with Gasteiger partial charge >= 0.3 is 0 Å². The minimum absolute atomic E-state index is 0.528. The molecular formula is C10H22N4S. The molecule has 1 atom stereocenters. The first-order valence-electron chi connectivity index (χ1n) is 5.69. The van der Waals surface area contributed by atoms with E-state index >= 15 is 0 Å². The minimum atomic E-state index is 0.528. The van der Waals surface area contributed by atoms with Crippen LogP contribution in [0.2, 0.25) is 0 Å². The number of piperidine rings is 1. The van der Waals surface area contributed by atoms with E-state index in [0.717, 1.165) is 13.1 Å². The van der Waals surface area contributed by atoms with Gasteiger partial charge in [-0.1, -0.05) is 13.3 Å². The lowest BCUT2D eigenvalue weighted by Gasteiger charge is -2.29. The van der Waals surface area contributed by atoms with Gasteiger partial charge in [-0.2, -0.15) is 0 Å². The number of hydrogen-bond acceptors (Lipinski definition) is 3. The van der Waals surface area contributed by atoms with E-state index in [4.69, 9.17) is 18.1 Å². The molecule has 1 fully saturated rings. The van der Waals surface area contributed by atoms with Crippen LogP contribution in [-0.4, -0.2) is 36.2 Å². The van der Waals surface area contributed by atoms with E-state index in [1.807, 2.05) is 0 Å².